The van der Waals surface area contributed by atoms with Gasteiger partial charge in [0.2, 0.25) is 0 Å². The van der Waals surface area contributed by atoms with Gasteiger partial charge in [-0.15, -0.1) is 0 Å². The van der Waals surface area contributed by atoms with E-state index < -0.39 is 7.60 Å². The van der Waals surface area contributed by atoms with Crippen molar-refractivity contribution in [2.45, 2.75) is 45.6 Å². The molecule has 1 atom stereocenters. The average molecular weight is 247 g/mol. The van der Waals surface area contributed by atoms with Crippen molar-refractivity contribution in [3.63, 3.8) is 0 Å². The highest BCUT2D eigenvalue weighted by Crippen LogP contribution is 2.51. The van der Waals surface area contributed by atoms with Gasteiger partial charge in [-0.2, -0.15) is 0 Å². The highest BCUT2D eigenvalue weighted by molar-refractivity contribution is 7.57. The van der Waals surface area contributed by atoms with Gasteiger partial charge in [-0.1, -0.05) is 6.42 Å². The zero-order valence-corrected chi connectivity index (χ0v) is 11.0. The quantitative estimate of drug-likeness (QED) is 0.758. The Kier molecular flexibility index (Phi) is 5.70. The average Bonchev–Trinajstić information content (AvgIpc) is 2.22. The van der Waals surface area contributed by atoms with Crippen molar-refractivity contribution in [3.8, 4) is 0 Å². The van der Waals surface area contributed by atoms with E-state index in [1.165, 1.54) is 0 Å². The van der Waals surface area contributed by atoms with Crippen LogP contribution in [0.25, 0.3) is 0 Å². The summed E-state index contributed by atoms with van der Waals surface area (Å²) in [5, 5.41) is 0. The van der Waals surface area contributed by atoms with Crippen LogP contribution in [0.2, 0.25) is 0 Å². The lowest BCUT2D eigenvalue weighted by Crippen LogP contribution is -2.25. The van der Waals surface area contributed by atoms with E-state index >= 15 is 0 Å². The van der Waals surface area contributed by atoms with E-state index in [0.717, 1.165) is 31.3 Å². The first-order valence-electron chi connectivity index (χ1n) is 5.97. The van der Waals surface area contributed by atoms with Crippen molar-refractivity contribution in [2.24, 2.45) is 5.73 Å². The highest BCUT2D eigenvalue weighted by Gasteiger charge is 2.24. The number of hydrogen-bond donors (Lipinski definition) is 1. The van der Waals surface area contributed by atoms with Gasteiger partial charge in [0.25, 0.3) is 0 Å². The minimum Gasteiger partial charge on any atom is -0.324 e. The van der Waals surface area contributed by atoms with Crippen LogP contribution in [-0.2, 0) is 13.6 Å². The standard InChI is InChI=1S/C11H22NO3P/c1-3-14-16(13,15-4-2)9-10-7-5-6-8-11(10)12/h9,11H,3-8,12H2,1-2H3/b10-9+. The topological polar surface area (TPSA) is 61.5 Å². The number of hydrogen-bond acceptors (Lipinski definition) is 4. The molecule has 0 heterocycles. The van der Waals surface area contributed by atoms with Gasteiger partial charge in [-0.05, 0) is 38.7 Å². The van der Waals surface area contributed by atoms with Crippen molar-refractivity contribution in [1.29, 1.82) is 0 Å². The molecule has 0 aromatic rings. The monoisotopic (exact) mass is 247 g/mol. The fraction of sp³-hybridized carbons (Fsp3) is 0.818. The Bertz CT molecular complexity index is 281. The van der Waals surface area contributed by atoms with Crippen molar-refractivity contribution in [3.05, 3.63) is 11.4 Å². The van der Waals surface area contributed by atoms with Crippen LogP contribution >= 0.6 is 7.60 Å². The Morgan fingerprint density at radius 2 is 2.00 bits per heavy atom. The summed E-state index contributed by atoms with van der Waals surface area (Å²) >= 11 is 0. The molecule has 0 amide bonds. The maximum atomic E-state index is 12.3. The molecule has 1 unspecified atom stereocenters. The first kappa shape index (κ1) is 13.9. The molecule has 5 heteroatoms. The molecule has 0 saturated heterocycles. The Labute approximate surface area is 97.7 Å². The van der Waals surface area contributed by atoms with E-state index in [0.29, 0.717) is 13.2 Å². The molecule has 94 valence electrons. The summed E-state index contributed by atoms with van der Waals surface area (Å²) in [6.07, 6.45) is 4.12. The predicted octanol–water partition coefficient (Wildman–Crippen LogP) is 3.04. The summed E-state index contributed by atoms with van der Waals surface area (Å²) in [7, 11) is -3.07. The summed E-state index contributed by atoms with van der Waals surface area (Å²) in [6, 6.07) is 0.0167. The van der Waals surface area contributed by atoms with Crippen LogP contribution in [0.15, 0.2) is 11.4 Å². The second kappa shape index (κ2) is 6.55. The second-order valence-corrected chi connectivity index (χ2v) is 5.79. The lowest BCUT2D eigenvalue weighted by atomic mass is 9.92. The normalized spacial score (nSPS) is 24.9. The second-order valence-electron chi connectivity index (χ2n) is 3.93. The zero-order chi connectivity index (χ0) is 12.0. The third-order valence-corrected chi connectivity index (χ3v) is 4.53. The lowest BCUT2D eigenvalue weighted by Gasteiger charge is -2.23. The van der Waals surface area contributed by atoms with Crippen LogP contribution in [0.1, 0.15) is 39.5 Å². The molecule has 16 heavy (non-hydrogen) atoms. The minimum absolute atomic E-state index is 0.0167. The van der Waals surface area contributed by atoms with Gasteiger partial charge in [0.05, 0.1) is 13.2 Å². The molecular formula is C11H22NO3P. The molecular weight excluding hydrogens is 225 g/mol. The molecule has 1 rings (SSSR count). The van der Waals surface area contributed by atoms with Gasteiger partial charge in [-0.25, -0.2) is 0 Å². The van der Waals surface area contributed by atoms with E-state index in [1.54, 1.807) is 5.82 Å². The van der Waals surface area contributed by atoms with Crippen LogP contribution in [0, 0.1) is 0 Å². The van der Waals surface area contributed by atoms with Gasteiger partial charge in [0, 0.05) is 11.9 Å². The molecule has 0 bridgehead atoms. The Morgan fingerprint density at radius 3 is 2.50 bits per heavy atom. The molecule has 2 N–H and O–H groups in total. The summed E-state index contributed by atoms with van der Waals surface area (Å²) in [6.45, 7) is 4.39. The lowest BCUT2D eigenvalue weighted by molar-refractivity contribution is 0.228. The van der Waals surface area contributed by atoms with Crippen LogP contribution in [-0.4, -0.2) is 19.3 Å². The Balaban J connectivity index is 2.78. The highest BCUT2D eigenvalue weighted by atomic mass is 31.2. The minimum atomic E-state index is -3.07. The molecule has 0 radical (unpaired) electrons. The smallest absolute Gasteiger partial charge is 0.324 e. The van der Waals surface area contributed by atoms with Crippen molar-refractivity contribution >= 4 is 7.60 Å². The molecule has 0 aliphatic heterocycles. The van der Waals surface area contributed by atoms with Gasteiger partial charge >= 0.3 is 7.60 Å². The Morgan fingerprint density at radius 1 is 1.38 bits per heavy atom. The maximum Gasteiger partial charge on any atom is 0.354 e. The molecule has 1 aliphatic carbocycles. The molecule has 1 saturated carbocycles. The van der Waals surface area contributed by atoms with Crippen LogP contribution in [0.4, 0.5) is 0 Å². The fourth-order valence-corrected chi connectivity index (χ4v) is 3.57. The zero-order valence-electron chi connectivity index (χ0n) is 10.1. The Hall–Kier alpha value is -0.150. The third-order valence-electron chi connectivity index (χ3n) is 2.65. The van der Waals surface area contributed by atoms with Crippen LogP contribution in [0.3, 0.4) is 0 Å². The molecule has 0 spiro atoms. The van der Waals surface area contributed by atoms with E-state index in [4.69, 9.17) is 14.8 Å². The predicted molar refractivity (Wildman–Crippen MR) is 65.4 cm³/mol. The van der Waals surface area contributed by atoms with E-state index in [9.17, 15) is 4.57 Å². The molecule has 0 aromatic heterocycles. The molecule has 4 nitrogen and oxygen atoms in total. The first-order chi connectivity index (χ1) is 7.61. The maximum absolute atomic E-state index is 12.3. The van der Waals surface area contributed by atoms with E-state index in [1.807, 2.05) is 13.8 Å². The van der Waals surface area contributed by atoms with Gasteiger partial charge in [0.1, 0.15) is 0 Å². The summed E-state index contributed by atoms with van der Waals surface area (Å²) in [5.74, 6) is 1.64. The molecule has 0 aromatic carbocycles. The fourth-order valence-electron chi connectivity index (χ4n) is 1.90. The van der Waals surface area contributed by atoms with Gasteiger partial charge < -0.3 is 14.8 Å². The summed E-state index contributed by atoms with van der Waals surface area (Å²) in [4.78, 5) is 0. The largest absolute Gasteiger partial charge is 0.354 e. The SMILES string of the molecule is CCOP(=O)(/C=C1\CCCCC1N)OCC. The van der Waals surface area contributed by atoms with Crippen molar-refractivity contribution in [1.82, 2.24) is 0 Å². The third kappa shape index (κ3) is 4.02. The van der Waals surface area contributed by atoms with Crippen LogP contribution in [0.5, 0.6) is 0 Å². The van der Waals surface area contributed by atoms with E-state index in [-0.39, 0.29) is 6.04 Å². The van der Waals surface area contributed by atoms with E-state index in [2.05, 4.69) is 0 Å². The number of nitrogens with two attached hydrogens (primary N) is 1. The number of rotatable bonds is 5. The molecule has 1 fully saturated rings. The van der Waals surface area contributed by atoms with Crippen molar-refractivity contribution in [2.75, 3.05) is 13.2 Å². The first-order valence-corrected chi connectivity index (χ1v) is 7.58. The van der Waals surface area contributed by atoms with Crippen LogP contribution < -0.4 is 5.73 Å². The van der Waals surface area contributed by atoms with Crippen molar-refractivity contribution < 1.29 is 13.6 Å². The molecule has 1 aliphatic rings. The summed E-state index contributed by atoms with van der Waals surface area (Å²) < 4.78 is 22.7. The summed E-state index contributed by atoms with van der Waals surface area (Å²) in [5.41, 5.74) is 7.00. The van der Waals surface area contributed by atoms with Gasteiger partial charge in [-0.3, -0.25) is 4.57 Å². The van der Waals surface area contributed by atoms with Gasteiger partial charge in [0.15, 0.2) is 0 Å².